The highest BCUT2D eigenvalue weighted by molar-refractivity contribution is 5.64. The highest BCUT2D eigenvalue weighted by atomic mass is 16.3. The van der Waals surface area contributed by atoms with Crippen LogP contribution in [0.5, 0.6) is 0 Å². The molecule has 1 rings (SSSR count). The fourth-order valence-electron chi connectivity index (χ4n) is 1.60. The van der Waals surface area contributed by atoms with E-state index in [4.69, 9.17) is 0 Å². The summed E-state index contributed by atoms with van der Waals surface area (Å²) in [6.45, 7) is 5.61. The maximum absolute atomic E-state index is 9.31. The molecule has 1 heterocycles. The summed E-state index contributed by atoms with van der Waals surface area (Å²) in [5.74, 6) is 0.952. The van der Waals surface area contributed by atoms with E-state index in [0.717, 1.165) is 31.0 Å². The molecule has 0 radical (unpaired) electrons. The minimum absolute atomic E-state index is 0.268. The van der Waals surface area contributed by atoms with Crippen molar-refractivity contribution in [2.75, 3.05) is 30.4 Å². The number of aromatic nitrogens is 1. The molecule has 1 atom stereocenters. The van der Waals surface area contributed by atoms with Crippen LogP contribution in [-0.2, 0) is 0 Å². The second-order valence-corrected chi connectivity index (χ2v) is 3.84. The van der Waals surface area contributed by atoms with Crippen LogP contribution in [0.2, 0.25) is 0 Å². The highest BCUT2D eigenvalue weighted by Gasteiger charge is 2.10. The minimum Gasteiger partial charge on any atom is -0.393 e. The summed E-state index contributed by atoms with van der Waals surface area (Å²) < 4.78 is 0. The van der Waals surface area contributed by atoms with Gasteiger partial charge in [-0.25, -0.2) is 4.98 Å². The van der Waals surface area contributed by atoms with Crippen molar-refractivity contribution < 1.29 is 5.11 Å². The second-order valence-electron chi connectivity index (χ2n) is 3.84. The molecule has 0 amide bonds. The van der Waals surface area contributed by atoms with Gasteiger partial charge in [-0.1, -0.05) is 0 Å². The molecule has 0 fully saturated rings. The van der Waals surface area contributed by atoms with E-state index in [0.29, 0.717) is 0 Å². The van der Waals surface area contributed by atoms with Gasteiger partial charge >= 0.3 is 0 Å². The van der Waals surface area contributed by atoms with E-state index >= 15 is 0 Å². The van der Waals surface area contributed by atoms with Gasteiger partial charge in [-0.2, -0.15) is 0 Å². The van der Waals surface area contributed by atoms with Crippen LogP contribution in [0.15, 0.2) is 18.3 Å². The topological polar surface area (TPSA) is 48.4 Å². The Morgan fingerprint density at radius 1 is 1.56 bits per heavy atom. The first-order valence-electron chi connectivity index (χ1n) is 5.74. The number of hydrogen-bond acceptors (Lipinski definition) is 4. The minimum atomic E-state index is -0.268. The smallest absolute Gasteiger partial charge is 0.151 e. The fourth-order valence-corrected chi connectivity index (χ4v) is 1.60. The van der Waals surface area contributed by atoms with E-state index in [1.807, 2.05) is 26.1 Å². The molecule has 0 aliphatic rings. The summed E-state index contributed by atoms with van der Waals surface area (Å²) in [4.78, 5) is 6.55. The van der Waals surface area contributed by atoms with Gasteiger partial charge in [-0.05, 0) is 32.4 Å². The molecule has 90 valence electrons. The van der Waals surface area contributed by atoms with Crippen LogP contribution >= 0.6 is 0 Å². The van der Waals surface area contributed by atoms with Gasteiger partial charge in [-0.3, -0.25) is 0 Å². The maximum Gasteiger partial charge on any atom is 0.151 e. The predicted octanol–water partition coefficient (Wildman–Crippen LogP) is 1.72. The molecule has 0 bridgehead atoms. The Hall–Kier alpha value is -1.29. The van der Waals surface area contributed by atoms with Gasteiger partial charge in [0.05, 0.1) is 11.8 Å². The lowest BCUT2D eigenvalue weighted by atomic mass is 10.2. The zero-order valence-corrected chi connectivity index (χ0v) is 10.3. The van der Waals surface area contributed by atoms with Gasteiger partial charge in [0.2, 0.25) is 0 Å². The first-order valence-corrected chi connectivity index (χ1v) is 5.74. The van der Waals surface area contributed by atoms with Crippen molar-refractivity contribution in [1.29, 1.82) is 0 Å². The summed E-state index contributed by atoms with van der Waals surface area (Å²) in [5.41, 5.74) is 1.02. The van der Waals surface area contributed by atoms with Crippen LogP contribution in [0.25, 0.3) is 0 Å². The number of anilines is 2. The lowest BCUT2D eigenvalue weighted by Gasteiger charge is -2.24. The van der Waals surface area contributed by atoms with Crippen molar-refractivity contribution in [1.82, 2.24) is 4.98 Å². The molecular formula is C12H21N3O. The third kappa shape index (κ3) is 3.38. The number of pyridine rings is 1. The quantitative estimate of drug-likeness (QED) is 0.771. The summed E-state index contributed by atoms with van der Waals surface area (Å²) in [6, 6.07) is 3.92. The molecular weight excluding hydrogens is 202 g/mol. The fraction of sp³-hybridized carbons (Fsp3) is 0.583. The normalized spacial score (nSPS) is 12.2. The standard InChI is InChI=1S/C12H21N3O/c1-4-15(9-7-10(2)16)12-11(13-3)6-5-8-14-12/h5-6,8,10,13,16H,4,7,9H2,1-3H3. The Kier molecular flexibility index (Phi) is 5.05. The van der Waals surface area contributed by atoms with E-state index in [2.05, 4.69) is 22.1 Å². The number of nitrogens with one attached hydrogen (secondary N) is 1. The van der Waals surface area contributed by atoms with E-state index < -0.39 is 0 Å². The maximum atomic E-state index is 9.31. The number of aliphatic hydroxyl groups is 1. The summed E-state index contributed by atoms with van der Waals surface area (Å²) in [6.07, 6.45) is 2.28. The van der Waals surface area contributed by atoms with Gasteiger partial charge in [0.1, 0.15) is 0 Å². The van der Waals surface area contributed by atoms with Crippen molar-refractivity contribution in [3.63, 3.8) is 0 Å². The molecule has 0 saturated heterocycles. The average Bonchev–Trinajstić information content (AvgIpc) is 2.30. The Morgan fingerprint density at radius 2 is 2.31 bits per heavy atom. The Morgan fingerprint density at radius 3 is 2.88 bits per heavy atom. The monoisotopic (exact) mass is 223 g/mol. The van der Waals surface area contributed by atoms with Crippen molar-refractivity contribution in [3.05, 3.63) is 18.3 Å². The predicted molar refractivity (Wildman–Crippen MR) is 68.0 cm³/mol. The van der Waals surface area contributed by atoms with Crippen molar-refractivity contribution >= 4 is 11.5 Å². The van der Waals surface area contributed by atoms with Gasteiger partial charge in [0.15, 0.2) is 5.82 Å². The third-order valence-electron chi connectivity index (χ3n) is 2.55. The van der Waals surface area contributed by atoms with Crippen LogP contribution in [0.1, 0.15) is 20.3 Å². The van der Waals surface area contributed by atoms with Crippen molar-refractivity contribution in [2.45, 2.75) is 26.4 Å². The molecule has 1 aromatic heterocycles. The van der Waals surface area contributed by atoms with Crippen molar-refractivity contribution in [2.24, 2.45) is 0 Å². The largest absolute Gasteiger partial charge is 0.393 e. The zero-order valence-electron chi connectivity index (χ0n) is 10.3. The molecule has 16 heavy (non-hydrogen) atoms. The number of nitrogens with zero attached hydrogens (tertiary/aromatic N) is 2. The van der Waals surface area contributed by atoms with Crippen LogP contribution in [0, 0.1) is 0 Å². The van der Waals surface area contributed by atoms with E-state index in [1.54, 1.807) is 6.20 Å². The van der Waals surface area contributed by atoms with Crippen LogP contribution < -0.4 is 10.2 Å². The van der Waals surface area contributed by atoms with Gasteiger partial charge in [0.25, 0.3) is 0 Å². The first kappa shape index (κ1) is 12.8. The molecule has 0 aromatic carbocycles. The first-order chi connectivity index (χ1) is 7.69. The van der Waals surface area contributed by atoms with E-state index in [1.165, 1.54) is 0 Å². The number of rotatable bonds is 6. The average molecular weight is 223 g/mol. The Bertz CT molecular complexity index is 315. The zero-order chi connectivity index (χ0) is 12.0. The Labute approximate surface area is 97.3 Å². The molecule has 4 heteroatoms. The second kappa shape index (κ2) is 6.33. The van der Waals surface area contributed by atoms with Gasteiger partial charge in [-0.15, -0.1) is 0 Å². The van der Waals surface area contributed by atoms with E-state index in [9.17, 15) is 5.11 Å². The third-order valence-corrected chi connectivity index (χ3v) is 2.55. The molecule has 2 N–H and O–H groups in total. The lowest BCUT2D eigenvalue weighted by Crippen LogP contribution is -2.27. The van der Waals surface area contributed by atoms with Crippen LogP contribution in [0.4, 0.5) is 11.5 Å². The number of hydrogen-bond donors (Lipinski definition) is 2. The molecule has 1 aromatic rings. The molecule has 0 spiro atoms. The summed E-state index contributed by atoms with van der Waals surface area (Å²) >= 11 is 0. The SMILES string of the molecule is CCN(CCC(C)O)c1ncccc1NC. The highest BCUT2D eigenvalue weighted by Crippen LogP contribution is 2.22. The Balaban J connectivity index is 2.77. The molecule has 0 saturated carbocycles. The number of aliphatic hydroxyl groups excluding tert-OH is 1. The van der Waals surface area contributed by atoms with Crippen LogP contribution in [-0.4, -0.2) is 36.3 Å². The van der Waals surface area contributed by atoms with Crippen molar-refractivity contribution in [3.8, 4) is 0 Å². The molecule has 4 nitrogen and oxygen atoms in total. The molecule has 1 unspecified atom stereocenters. The van der Waals surface area contributed by atoms with Crippen LogP contribution in [0.3, 0.4) is 0 Å². The van der Waals surface area contributed by atoms with E-state index in [-0.39, 0.29) is 6.10 Å². The lowest BCUT2D eigenvalue weighted by molar-refractivity contribution is 0.186. The summed E-state index contributed by atoms with van der Waals surface area (Å²) in [5, 5.41) is 12.4. The summed E-state index contributed by atoms with van der Waals surface area (Å²) in [7, 11) is 1.89. The molecule has 0 aliphatic heterocycles. The molecule has 0 aliphatic carbocycles. The van der Waals surface area contributed by atoms with Gasteiger partial charge < -0.3 is 15.3 Å². The van der Waals surface area contributed by atoms with Gasteiger partial charge in [0, 0.05) is 26.3 Å².